The zero-order chi connectivity index (χ0) is 10.3. The van der Waals surface area contributed by atoms with Crippen LogP contribution in [0.1, 0.15) is 13.3 Å². The summed E-state index contributed by atoms with van der Waals surface area (Å²) in [4.78, 5) is 16.7. The first kappa shape index (κ1) is 13.0. The number of aliphatic hydroxyl groups is 1. The maximum Gasteiger partial charge on any atom is 0.469 e. The van der Waals surface area contributed by atoms with Crippen LogP contribution in [0.15, 0.2) is 0 Å². The third-order valence-corrected chi connectivity index (χ3v) is 1.81. The molecule has 80 valence electrons. The average molecular weight is 213 g/mol. The minimum absolute atomic E-state index is 0.0459. The van der Waals surface area contributed by atoms with E-state index in [2.05, 4.69) is 9.84 Å². The third-order valence-electron chi connectivity index (χ3n) is 1.32. The maximum absolute atomic E-state index is 10.3. The second-order valence-corrected chi connectivity index (χ2v) is 3.96. The normalized spacial score (nSPS) is 14.5. The van der Waals surface area contributed by atoms with Gasteiger partial charge in [0.15, 0.2) is 0 Å². The predicted octanol–water partition coefficient (Wildman–Crippen LogP) is -0.544. The van der Waals surface area contributed by atoms with Gasteiger partial charge in [-0.3, -0.25) is 4.52 Å². The number of nitrogens with one attached hydrogen (secondary N) is 1. The fourth-order valence-electron chi connectivity index (χ4n) is 0.695. The number of aliphatic hydroxyl groups excluding tert-OH is 1. The van der Waals surface area contributed by atoms with Crippen molar-refractivity contribution in [2.45, 2.75) is 19.4 Å². The van der Waals surface area contributed by atoms with E-state index in [-0.39, 0.29) is 19.3 Å². The lowest BCUT2D eigenvalue weighted by molar-refractivity contribution is 0.179. The third kappa shape index (κ3) is 9.95. The van der Waals surface area contributed by atoms with E-state index in [0.29, 0.717) is 13.0 Å². The molecule has 0 radical (unpaired) electrons. The van der Waals surface area contributed by atoms with Gasteiger partial charge in [0.1, 0.15) is 0 Å². The molecule has 0 aromatic carbocycles. The number of phosphoric ester groups is 1. The highest BCUT2D eigenvalue weighted by molar-refractivity contribution is 7.46. The largest absolute Gasteiger partial charge is 0.469 e. The molecule has 0 saturated heterocycles. The molecule has 0 saturated carbocycles. The Hall–Kier alpha value is 0.0300. The Morgan fingerprint density at radius 2 is 2.15 bits per heavy atom. The van der Waals surface area contributed by atoms with Gasteiger partial charge in [-0.05, 0) is 19.9 Å². The second kappa shape index (κ2) is 6.48. The molecule has 1 unspecified atom stereocenters. The Bertz CT molecular complexity index is 170. The van der Waals surface area contributed by atoms with Gasteiger partial charge in [0.2, 0.25) is 0 Å². The van der Waals surface area contributed by atoms with E-state index in [0.717, 1.165) is 0 Å². The standard InChI is InChI=1S/C6H16NO5P/c1-6(7-3-2-4-8)5-12-13(9,10)11/h6-8H,2-5H2,1H3,(H2,9,10,11). The minimum atomic E-state index is -4.35. The van der Waals surface area contributed by atoms with Gasteiger partial charge in [-0.1, -0.05) is 0 Å². The Morgan fingerprint density at radius 3 is 2.62 bits per heavy atom. The molecule has 0 aliphatic rings. The predicted molar refractivity (Wildman–Crippen MR) is 47.2 cm³/mol. The summed E-state index contributed by atoms with van der Waals surface area (Å²) in [6.07, 6.45) is 0.611. The Balaban J connectivity index is 3.40. The van der Waals surface area contributed by atoms with Crippen molar-refractivity contribution in [1.29, 1.82) is 0 Å². The van der Waals surface area contributed by atoms with Crippen LogP contribution in [0, 0.1) is 0 Å². The van der Waals surface area contributed by atoms with Gasteiger partial charge in [0.25, 0.3) is 0 Å². The topological polar surface area (TPSA) is 99.0 Å². The summed E-state index contributed by atoms with van der Waals surface area (Å²) in [5.74, 6) is 0. The summed E-state index contributed by atoms with van der Waals surface area (Å²) < 4.78 is 14.5. The van der Waals surface area contributed by atoms with Crippen molar-refractivity contribution in [3.8, 4) is 0 Å². The van der Waals surface area contributed by atoms with Crippen molar-refractivity contribution in [1.82, 2.24) is 5.32 Å². The van der Waals surface area contributed by atoms with E-state index in [9.17, 15) is 4.57 Å². The molecule has 0 aromatic rings. The van der Waals surface area contributed by atoms with E-state index in [1.807, 2.05) is 0 Å². The van der Waals surface area contributed by atoms with Crippen LogP contribution in [0.4, 0.5) is 0 Å². The number of hydrogen-bond donors (Lipinski definition) is 4. The second-order valence-electron chi connectivity index (χ2n) is 2.72. The lowest BCUT2D eigenvalue weighted by Gasteiger charge is -2.13. The van der Waals surface area contributed by atoms with Crippen LogP contribution in [0.3, 0.4) is 0 Å². The van der Waals surface area contributed by atoms with Gasteiger partial charge in [0.05, 0.1) is 6.61 Å². The number of hydrogen-bond acceptors (Lipinski definition) is 4. The van der Waals surface area contributed by atoms with Gasteiger partial charge in [-0.2, -0.15) is 0 Å². The van der Waals surface area contributed by atoms with Crippen molar-refractivity contribution in [2.75, 3.05) is 19.8 Å². The first-order valence-corrected chi connectivity index (χ1v) is 5.53. The first-order chi connectivity index (χ1) is 5.95. The minimum Gasteiger partial charge on any atom is -0.396 e. The zero-order valence-corrected chi connectivity index (χ0v) is 8.41. The summed E-state index contributed by atoms with van der Waals surface area (Å²) in [5, 5.41) is 11.4. The molecule has 0 fully saturated rings. The highest BCUT2D eigenvalue weighted by Gasteiger charge is 2.15. The molecule has 7 heteroatoms. The lowest BCUT2D eigenvalue weighted by Crippen LogP contribution is -2.31. The van der Waals surface area contributed by atoms with Crippen LogP contribution >= 0.6 is 7.82 Å². The van der Waals surface area contributed by atoms with E-state index in [1.54, 1.807) is 6.92 Å². The molecule has 0 heterocycles. The Labute approximate surface area is 77.2 Å². The first-order valence-electron chi connectivity index (χ1n) is 4.00. The summed E-state index contributed by atoms with van der Waals surface area (Å²) >= 11 is 0. The Kier molecular flexibility index (Phi) is 6.49. The van der Waals surface area contributed by atoms with Crippen LogP contribution in [0.25, 0.3) is 0 Å². The fraction of sp³-hybridized carbons (Fsp3) is 1.00. The van der Waals surface area contributed by atoms with Crippen molar-refractivity contribution in [2.24, 2.45) is 0 Å². The monoisotopic (exact) mass is 213 g/mol. The quantitative estimate of drug-likeness (QED) is 0.335. The molecule has 13 heavy (non-hydrogen) atoms. The van der Waals surface area contributed by atoms with Crippen LogP contribution < -0.4 is 5.32 Å². The highest BCUT2D eigenvalue weighted by Crippen LogP contribution is 2.35. The summed E-state index contributed by atoms with van der Waals surface area (Å²) in [5.41, 5.74) is 0. The molecule has 0 bridgehead atoms. The van der Waals surface area contributed by atoms with Crippen molar-refractivity contribution in [3.05, 3.63) is 0 Å². The number of rotatable bonds is 7. The van der Waals surface area contributed by atoms with E-state index >= 15 is 0 Å². The van der Waals surface area contributed by atoms with Crippen molar-refractivity contribution >= 4 is 7.82 Å². The fourth-order valence-corrected chi connectivity index (χ4v) is 1.11. The van der Waals surface area contributed by atoms with Crippen LogP contribution in [-0.2, 0) is 9.09 Å². The molecule has 0 amide bonds. The SMILES string of the molecule is CC(COP(=O)(O)O)NCCCO. The average Bonchev–Trinajstić information content (AvgIpc) is 2.00. The lowest BCUT2D eigenvalue weighted by atomic mass is 10.3. The van der Waals surface area contributed by atoms with Gasteiger partial charge in [0, 0.05) is 12.6 Å². The van der Waals surface area contributed by atoms with Crippen LogP contribution in [0.2, 0.25) is 0 Å². The van der Waals surface area contributed by atoms with Gasteiger partial charge < -0.3 is 20.2 Å². The molecule has 0 aliphatic carbocycles. The van der Waals surface area contributed by atoms with E-state index < -0.39 is 7.82 Å². The molecule has 4 N–H and O–H groups in total. The smallest absolute Gasteiger partial charge is 0.396 e. The molecule has 0 rings (SSSR count). The van der Waals surface area contributed by atoms with Gasteiger partial charge >= 0.3 is 7.82 Å². The van der Waals surface area contributed by atoms with E-state index in [4.69, 9.17) is 14.9 Å². The molecule has 1 atom stereocenters. The van der Waals surface area contributed by atoms with Crippen molar-refractivity contribution < 1.29 is 24.0 Å². The molecule has 0 aliphatic heterocycles. The number of phosphoric acid groups is 1. The summed E-state index contributed by atoms with van der Waals surface area (Å²) in [6, 6.07) is -0.140. The molecular weight excluding hydrogens is 197 g/mol. The highest BCUT2D eigenvalue weighted by atomic mass is 31.2. The molecular formula is C6H16NO5P. The summed E-state index contributed by atoms with van der Waals surface area (Å²) in [7, 11) is -4.35. The molecule has 6 nitrogen and oxygen atoms in total. The van der Waals surface area contributed by atoms with Gasteiger partial charge in [-0.15, -0.1) is 0 Å². The van der Waals surface area contributed by atoms with Gasteiger partial charge in [-0.25, -0.2) is 4.57 Å². The zero-order valence-electron chi connectivity index (χ0n) is 7.51. The maximum atomic E-state index is 10.3. The molecule has 0 spiro atoms. The Morgan fingerprint density at radius 1 is 1.54 bits per heavy atom. The van der Waals surface area contributed by atoms with Crippen LogP contribution in [-0.4, -0.2) is 40.7 Å². The molecule has 0 aromatic heterocycles. The van der Waals surface area contributed by atoms with Crippen molar-refractivity contribution in [3.63, 3.8) is 0 Å². The summed E-state index contributed by atoms with van der Waals surface area (Å²) in [6.45, 7) is 2.39. The van der Waals surface area contributed by atoms with E-state index in [1.165, 1.54) is 0 Å². The van der Waals surface area contributed by atoms with Crippen LogP contribution in [0.5, 0.6) is 0 Å².